The number of aliphatic hydroxyl groups is 1. The summed E-state index contributed by atoms with van der Waals surface area (Å²) in [5.74, 6) is 0.340. The van der Waals surface area contributed by atoms with Gasteiger partial charge in [0, 0.05) is 39.8 Å². The van der Waals surface area contributed by atoms with Crippen LogP contribution in [0.5, 0.6) is 0 Å². The number of methoxy groups -OCH3 is 1. The van der Waals surface area contributed by atoms with E-state index in [9.17, 15) is 8.42 Å². The number of piperidine rings is 1. The van der Waals surface area contributed by atoms with Crippen molar-refractivity contribution in [2.45, 2.75) is 12.8 Å². The number of sulfonamides is 1. The van der Waals surface area contributed by atoms with Gasteiger partial charge in [-0.2, -0.15) is 0 Å². The Hall–Kier alpha value is -0.210. The molecule has 114 valence electrons. The summed E-state index contributed by atoms with van der Waals surface area (Å²) in [4.78, 5) is 2.14. The second-order valence-corrected chi connectivity index (χ2v) is 7.13. The van der Waals surface area contributed by atoms with Crippen LogP contribution >= 0.6 is 0 Å². The van der Waals surface area contributed by atoms with Gasteiger partial charge in [-0.1, -0.05) is 0 Å². The average molecular weight is 294 g/mol. The zero-order chi connectivity index (χ0) is 14.3. The molecule has 0 aromatic rings. The van der Waals surface area contributed by atoms with E-state index in [-0.39, 0.29) is 6.61 Å². The summed E-state index contributed by atoms with van der Waals surface area (Å²) < 4.78 is 29.8. The number of aliphatic hydroxyl groups excluding tert-OH is 1. The van der Waals surface area contributed by atoms with Gasteiger partial charge in [-0.25, -0.2) is 12.7 Å². The predicted molar refractivity (Wildman–Crippen MR) is 74.5 cm³/mol. The maximum Gasteiger partial charge on any atom is 0.211 e. The van der Waals surface area contributed by atoms with Crippen LogP contribution in [0.1, 0.15) is 12.8 Å². The van der Waals surface area contributed by atoms with Crippen LogP contribution in [0.15, 0.2) is 0 Å². The first-order chi connectivity index (χ1) is 8.97. The van der Waals surface area contributed by atoms with Gasteiger partial charge in [0.05, 0.1) is 19.5 Å². The fourth-order valence-electron chi connectivity index (χ4n) is 2.50. The van der Waals surface area contributed by atoms with Crippen molar-refractivity contribution in [1.82, 2.24) is 9.21 Å². The molecule has 1 heterocycles. The molecule has 0 saturated carbocycles. The van der Waals surface area contributed by atoms with Crippen LogP contribution < -0.4 is 0 Å². The summed E-state index contributed by atoms with van der Waals surface area (Å²) in [6.45, 7) is 4.16. The Bertz CT molecular complexity index is 348. The lowest BCUT2D eigenvalue weighted by Crippen LogP contribution is -2.44. The van der Waals surface area contributed by atoms with E-state index in [1.54, 1.807) is 11.4 Å². The molecule has 1 aliphatic heterocycles. The van der Waals surface area contributed by atoms with Crippen LogP contribution in [-0.2, 0) is 14.8 Å². The van der Waals surface area contributed by atoms with Crippen molar-refractivity contribution in [2.24, 2.45) is 5.92 Å². The van der Waals surface area contributed by atoms with Gasteiger partial charge in [-0.15, -0.1) is 0 Å². The molecule has 1 saturated heterocycles. The molecule has 0 aromatic carbocycles. The maximum atomic E-state index is 11.6. The van der Waals surface area contributed by atoms with E-state index in [0.29, 0.717) is 32.2 Å². The normalized spacial score (nSPS) is 22.0. The Morgan fingerprint density at radius 3 is 2.74 bits per heavy atom. The van der Waals surface area contributed by atoms with Crippen LogP contribution in [0.4, 0.5) is 0 Å². The molecule has 0 spiro atoms. The van der Waals surface area contributed by atoms with Crippen molar-refractivity contribution in [2.75, 3.05) is 59.3 Å². The summed E-state index contributed by atoms with van der Waals surface area (Å²) in [5.41, 5.74) is 0. The van der Waals surface area contributed by atoms with Crippen molar-refractivity contribution in [3.05, 3.63) is 0 Å². The molecule has 1 rings (SSSR count). The standard InChI is InChI=1S/C12H26N2O4S/c1-18-9-7-13(6-8-15)10-12-4-3-5-14(11-12)19(2,16)17/h12,15H,3-11H2,1-2H3. The van der Waals surface area contributed by atoms with Crippen LogP contribution in [0, 0.1) is 5.92 Å². The smallest absolute Gasteiger partial charge is 0.211 e. The molecule has 0 aliphatic carbocycles. The number of nitrogens with zero attached hydrogens (tertiary/aromatic N) is 2. The lowest BCUT2D eigenvalue weighted by molar-refractivity contribution is 0.108. The average Bonchev–Trinajstić information content (AvgIpc) is 2.35. The van der Waals surface area contributed by atoms with Crippen molar-refractivity contribution >= 4 is 10.0 Å². The third-order valence-corrected chi connectivity index (χ3v) is 4.76. The third kappa shape index (κ3) is 6.18. The summed E-state index contributed by atoms with van der Waals surface area (Å²) in [6.07, 6.45) is 3.22. The quantitative estimate of drug-likeness (QED) is 0.659. The van der Waals surface area contributed by atoms with E-state index in [0.717, 1.165) is 25.9 Å². The lowest BCUT2D eigenvalue weighted by atomic mass is 9.99. The van der Waals surface area contributed by atoms with Crippen LogP contribution in [0.25, 0.3) is 0 Å². The molecule has 0 aromatic heterocycles. The fraction of sp³-hybridized carbons (Fsp3) is 1.00. The largest absolute Gasteiger partial charge is 0.395 e. The van der Waals surface area contributed by atoms with Crippen LogP contribution in [0.3, 0.4) is 0 Å². The predicted octanol–water partition coefficient (Wildman–Crippen LogP) is -0.401. The van der Waals surface area contributed by atoms with Crippen molar-refractivity contribution in [3.63, 3.8) is 0 Å². The van der Waals surface area contributed by atoms with Crippen molar-refractivity contribution < 1.29 is 18.3 Å². The molecular weight excluding hydrogens is 268 g/mol. The number of hydrogen-bond acceptors (Lipinski definition) is 5. The minimum Gasteiger partial charge on any atom is -0.395 e. The molecule has 1 aliphatic rings. The molecule has 1 atom stereocenters. The van der Waals surface area contributed by atoms with Gasteiger partial charge >= 0.3 is 0 Å². The third-order valence-electron chi connectivity index (χ3n) is 3.50. The fourth-order valence-corrected chi connectivity index (χ4v) is 3.44. The Morgan fingerprint density at radius 1 is 1.42 bits per heavy atom. The maximum absolute atomic E-state index is 11.6. The van der Waals surface area contributed by atoms with Crippen molar-refractivity contribution in [3.8, 4) is 0 Å². The minimum atomic E-state index is -3.08. The second kappa shape index (κ2) is 8.16. The number of ether oxygens (including phenoxy) is 1. The Morgan fingerprint density at radius 2 is 2.16 bits per heavy atom. The topological polar surface area (TPSA) is 70.1 Å². The van der Waals surface area contributed by atoms with Gasteiger partial charge < -0.3 is 9.84 Å². The SMILES string of the molecule is COCCN(CCO)CC1CCCN(S(C)(=O)=O)C1. The van der Waals surface area contributed by atoms with E-state index in [2.05, 4.69) is 4.90 Å². The molecule has 19 heavy (non-hydrogen) atoms. The van der Waals surface area contributed by atoms with Crippen LogP contribution in [0.2, 0.25) is 0 Å². The summed E-state index contributed by atoms with van der Waals surface area (Å²) in [6, 6.07) is 0. The first-order valence-corrected chi connectivity index (χ1v) is 8.59. The van der Waals surface area contributed by atoms with E-state index in [4.69, 9.17) is 9.84 Å². The highest BCUT2D eigenvalue weighted by molar-refractivity contribution is 7.88. The minimum absolute atomic E-state index is 0.117. The van der Waals surface area contributed by atoms with Gasteiger partial charge in [0.15, 0.2) is 0 Å². The van der Waals surface area contributed by atoms with Crippen molar-refractivity contribution in [1.29, 1.82) is 0 Å². The van der Waals surface area contributed by atoms with Gasteiger partial charge in [0.2, 0.25) is 10.0 Å². The molecule has 0 radical (unpaired) electrons. The molecule has 1 fully saturated rings. The summed E-state index contributed by atoms with van der Waals surface area (Å²) in [5, 5.41) is 9.06. The molecule has 6 nitrogen and oxygen atoms in total. The summed E-state index contributed by atoms with van der Waals surface area (Å²) >= 11 is 0. The highest BCUT2D eigenvalue weighted by Crippen LogP contribution is 2.19. The first kappa shape index (κ1) is 16.8. The molecule has 1 unspecified atom stereocenters. The highest BCUT2D eigenvalue weighted by atomic mass is 32.2. The van der Waals surface area contributed by atoms with Gasteiger partial charge in [-0.05, 0) is 18.8 Å². The van der Waals surface area contributed by atoms with E-state index in [1.807, 2.05) is 0 Å². The number of rotatable bonds is 8. The Balaban J connectivity index is 2.49. The highest BCUT2D eigenvalue weighted by Gasteiger charge is 2.26. The van der Waals surface area contributed by atoms with E-state index < -0.39 is 10.0 Å². The van der Waals surface area contributed by atoms with Gasteiger partial charge in [0.25, 0.3) is 0 Å². The molecule has 0 amide bonds. The lowest BCUT2D eigenvalue weighted by Gasteiger charge is -2.34. The Labute approximate surface area is 116 Å². The summed E-state index contributed by atoms with van der Waals surface area (Å²) in [7, 11) is -1.43. The first-order valence-electron chi connectivity index (χ1n) is 6.74. The molecule has 0 bridgehead atoms. The second-order valence-electron chi connectivity index (χ2n) is 5.15. The van der Waals surface area contributed by atoms with E-state index in [1.165, 1.54) is 6.26 Å². The Kier molecular flexibility index (Phi) is 7.23. The zero-order valence-electron chi connectivity index (χ0n) is 11.9. The molecular formula is C12H26N2O4S. The monoisotopic (exact) mass is 294 g/mol. The molecule has 1 N–H and O–H groups in total. The van der Waals surface area contributed by atoms with Crippen LogP contribution in [-0.4, -0.2) is 82.0 Å². The molecule has 7 heteroatoms. The van der Waals surface area contributed by atoms with Gasteiger partial charge in [-0.3, -0.25) is 4.90 Å². The van der Waals surface area contributed by atoms with E-state index >= 15 is 0 Å². The zero-order valence-corrected chi connectivity index (χ0v) is 12.7. The number of hydrogen-bond donors (Lipinski definition) is 1. The van der Waals surface area contributed by atoms with Gasteiger partial charge in [0.1, 0.15) is 0 Å².